The number of fused-ring (bicyclic) bond motifs is 2. The van der Waals surface area contributed by atoms with E-state index in [4.69, 9.17) is 0 Å². The number of allylic oxidation sites excluding steroid dienone is 2. The van der Waals surface area contributed by atoms with Crippen LogP contribution >= 0.6 is 0 Å². The van der Waals surface area contributed by atoms with E-state index in [2.05, 4.69) is 0 Å². The van der Waals surface area contributed by atoms with Gasteiger partial charge in [-0.2, -0.15) is 26.3 Å². The van der Waals surface area contributed by atoms with Crippen molar-refractivity contribution < 1.29 is 36.2 Å². The van der Waals surface area contributed by atoms with Crippen molar-refractivity contribution in [3.63, 3.8) is 0 Å². The molecule has 0 radical (unpaired) electrons. The summed E-state index contributed by atoms with van der Waals surface area (Å²) in [6.07, 6.45) is -7.56. The van der Waals surface area contributed by atoms with E-state index in [1.165, 1.54) is 24.4 Å². The maximum Gasteiger partial charge on any atom is 0.416 e. The normalized spacial score (nSPS) is 17.0. The minimum atomic E-state index is -4.55. The number of aromatic nitrogens is 1. The fourth-order valence-corrected chi connectivity index (χ4v) is 5.94. The first-order chi connectivity index (χ1) is 20.9. The number of anilines is 2. The highest BCUT2D eigenvalue weighted by atomic mass is 19.4. The van der Waals surface area contributed by atoms with Crippen LogP contribution in [0.2, 0.25) is 0 Å². The van der Waals surface area contributed by atoms with Crippen LogP contribution in [0.15, 0.2) is 115 Å². The fourth-order valence-electron chi connectivity index (χ4n) is 5.94. The van der Waals surface area contributed by atoms with E-state index in [9.17, 15) is 36.2 Å². The number of aliphatic hydroxyl groups excluding tert-OH is 1. The summed E-state index contributed by atoms with van der Waals surface area (Å²) >= 11 is 0. The van der Waals surface area contributed by atoms with Gasteiger partial charge in [0.1, 0.15) is 5.76 Å². The second-order valence-corrected chi connectivity index (χ2v) is 10.5. The van der Waals surface area contributed by atoms with E-state index in [-0.39, 0.29) is 34.8 Å². The van der Waals surface area contributed by atoms with Crippen LogP contribution in [-0.2, 0) is 17.1 Å². The molecule has 0 bridgehead atoms. The molecule has 0 fully saturated rings. The standard InChI is InChI=1S/C34H20F6N2O2/c35-33(36,37)19-7-5-9-21(15-19)41-17-25(23-11-1-3-13-27(23)41)29-31(43)30(32(29)44)26-18-42(28-14-4-2-12-24(26)28)22-10-6-8-20(16-22)34(38,39)40/h1-17,43H,18H2/b30-26+. The Kier molecular flexibility index (Phi) is 6.04. The monoisotopic (exact) mass is 602 g/mol. The fraction of sp³-hybridized carbons (Fsp3) is 0.0882. The molecular formula is C34H20F6N2O2. The first-order valence-electron chi connectivity index (χ1n) is 13.5. The van der Waals surface area contributed by atoms with Gasteiger partial charge in [0.05, 0.1) is 27.8 Å². The smallest absolute Gasteiger partial charge is 0.416 e. The molecule has 5 aromatic rings. The van der Waals surface area contributed by atoms with Crippen molar-refractivity contribution in [2.24, 2.45) is 0 Å². The summed E-state index contributed by atoms with van der Waals surface area (Å²) in [7, 11) is 0. The topological polar surface area (TPSA) is 45.5 Å². The predicted molar refractivity (Wildman–Crippen MR) is 155 cm³/mol. The molecule has 0 atom stereocenters. The number of hydrogen-bond acceptors (Lipinski definition) is 3. The number of nitrogens with zero attached hydrogens (tertiary/aromatic N) is 2. The van der Waals surface area contributed by atoms with Gasteiger partial charge >= 0.3 is 12.4 Å². The Morgan fingerprint density at radius 2 is 1.27 bits per heavy atom. The Labute approximate surface area is 246 Å². The van der Waals surface area contributed by atoms with Crippen molar-refractivity contribution in [1.82, 2.24) is 4.57 Å². The number of Topliss-reactive ketones (excluding diaryl/α,β-unsaturated/α-hetero) is 1. The number of aliphatic hydroxyl groups is 1. The Morgan fingerprint density at radius 3 is 1.95 bits per heavy atom. The van der Waals surface area contributed by atoms with Crippen LogP contribution < -0.4 is 4.90 Å². The SMILES string of the molecule is O=C1C(c2cn(-c3cccc(C(F)(F)F)c3)c3ccccc23)=C(O)/C1=C1/CN(c2cccc(C(F)(F)F)c2)c2ccccc21. The van der Waals surface area contributed by atoms with Crippen LogP contribution in [0, 0.1) is 0 Å². The molecule has 0 unspecified atom stereocenters. The molecule has 1 N–H and O–H groups in total. The van der Waals surface area contributed by atoms with Crippen LogP contribution in [0.5, 0.6) is 0 Å². The molecule has 44 heavy (non-hydrogen) atoms. The average molecular weight is 603 g/mol. The molecule has 4 nitrogen and oxygen atoms in total. The minimum absolute atomic E-state index is 0.0180. The summed E-state index contributed by atoms with van der Waals surface area (Å²) in [6, 6.07) is 23.5. The lowest BCUT2D eigenvalue weighted by atomic mass is 9.79. The minimum Gasteiger partial charge on any atom is -0.506 e. The largest absolute Gasteiger partial charge is 0.506 e. The van der Waals surface area contributed by atoms with Gasteiger partial charge in [-0.25, -0.2) is 0 Å². The van der Waals surface area contributed by atoms with Gasteiger partial charge in [0, 0.05) is 46.3 Å². The number of hydrogen-bond donors (Lipinski definition) is 1. The summed E-state index contributed by atoms with van der Waals surface area (Å²) in [5.41, 5.74) is 1.49. The Morgan fingerprint density at radius 1 is 0.659 bits per heavy atom. The number of alkyl halides is 6. The van der Waals surface area contributed by atoms with E-state index in [0.717, 1.165) is 24.3 Å². The molecule has 0 spiro atoms. The second kappa shape index (κ2) is 9.63. The zero-order valence-electron chi connectivity index (χ0n) is 22.5. The Bertz CT molecular complexity index is 2070. The first-order valence-corrected chi connectivity index (χ1v) is 13.5. The summed E-state index contributed by atoms with van der Waals surface area (Å²) in [5, 5.41) is 11.9. The van der Waals surface area contributed by atoms with Crippen molar-refractivity contribution in [3.8, 4) is 5.69 Å². The number of carbonyl (C=O) groups excluding carboxylic acids is 1. The van der Waals surface area contributed by atoms with Crippen LogP contribution in [0.3, 0.4) is 0 Å². The van der Waals surface area contributed by atoms with Crippen LogP contribution in [0.4, 0.5) is 37.7 Å². The van der Waals surface area contributed by atoms with Crippen molar-refractivity contribution >= 4 is 39.2 Å². The van der Waals surface area contributed by atoms with Gasteiger partial charge in [0.15, 0.2) is 0 Å². The van der Waals surface area contributed by atoms with Gasteiger partial charge in [0.2, 0.25) is 5.78 Å². The predicted octanol–water partition coefficient (Wildman–Crippen LogP) is 9.13. The van der Waals surface area contributed by atoms with Gasteiger partial charge in [-0.05, 0) is 54.1 Å². The lowest BCUT2D eigenvalue weighted by Crippen LogP contribution is -2.24. The van der Waals surface area contributed by atoms with E-state index in [0.29, 0.717) is 33.3 Å². The number of benzene rings is 4. The van der Waals surface area contributed by atoms with Crippen molar-refractivity contribution in [1.29, 1.82) is 0 Å². The molecule has 4 aromatic carbocycles. The lowest BCUT2D eigenvalue weighted by Gasteiger charge is -2.24. The quantitative estimate of drug-likeness (QED) is 0.166. The molecule has 1 aliphatic heterocycles. The molecule has 1 aliphatic carbocycles. The summed E-state index contributed by atoms with van der Waals surface area (Å²) < 4.78 is 82.3. The third-order valence-electron chi connectivity index (χ3n) is 7.98. The lowest BCUT2D eigenvalue weighted by molar-refractivity contribution is -0.138. The molecule has 2 heterocycles. The van der Waals surface area contributed by atoms with Crippen molar-refractivity contribution in [2.45, 2.75) is 12.4 Å². The molecule has 2 aliphatic rings. The average Bonchev–Trinajstić information content (AvgIpc) is 3.56. The summed E-state index contributed by atoms with van der Waals surface area (Å²) in [5.74, 6) is -0.747. The molecular weight excluding hydrogens is 582 g/mol. The molecule has 7 rings (SSSR count). The van der Waals surface area contributed by atoms with Crippen LogP contribution in [0.25, 0.3) is 27.7 Å². The third kappa shape index (κ3) is 4.28. The zero-order valence-corrected chi connectivity index (χ0v) is 22.5. The van der Waals surface area contributed by atoms with E-state index in [1.54, 1.807) is 64.1 Å². The van der Waals surface area contributed by atoms with Crippen molar-refractivity contribution in [2.75, 3.05) is 11.4 Å². The van der Waals surface area contributed by atoms with E-state index in [1.807, 2.05) is 0 Å². The third-order valence-corrected chi connectivity index (χ3v) is 7.98. The number of para-hydroxylation sites is 2. The molecule has 1 aromatic heterocycles. The van der Waals surface area contributed by atoms with Crippen molar-refractivity contribution in [3.05, 3.63) is 137 Å². The summed E-state index contributed by atoms with van der Waals surface area (Å²) in [6.45, 7) is 0.0467. The van der Waals surface area contributed by atoms with Crippen LogP contribution in [0.1, 0.15) is 22.3 Å². The van der Waals surface area contributed by atoms with Gasteiger partial charge < -0.3 is 14.6 Å². The van der Waals surface area contributed by atoms with E-state index >= 15 is 0 Å². The van der Waals surface area contributed by atoms with Gasteiger partial charge in [-0.15, -0.1) is 0 Å². The number of ketones is 1. The number of halogens is 6. The molecule has 0 saturated heterocycles. The first kappa shape index (κ1) is 27.6. The van der Waals surface area contributed by atoms with Gasteiger partial charge in [-0.1, -0.05) is 48.5 Å². The number of carbonyl (C=O) groups is 1. The Balaban J connectivity index is 1.34. The molecule has 0 saturated carbocycles. The summed E-state index contributed by atoms with van der Waals surface area (Å²) in [4.78, 5) is 15.4. The maximum absolute atomic E-state index is 13.8. The highest BCUT2D eigenvalue weighted by Gasteiger charge is 2.42. The zero-order chi connectivity index (χ0) is 31.0. The van der Waals surface area contributed by atoms with Gasteiger partial charge in [-0.3, -0.25) is 4.79 Å². The number of rotatable bonds is 3. The molecule has 10 heteroatoms. The van der Waals surface area contributed by atoms with E-state index < -0.39 is 29.3 Å². The maximum atomic E-state index is 13.8. The van der Waals surface area contributed by atoms with Gasteiger partial charge in [0.25, 0.3) is 0 Å². The Hall–Kier alpha value is -5.25. The molecule has 0 amide bonds. The molecule has 220 valence electrons. The van der Waals surface area contributed by atoms with Crippen LogP contribution in [-0.4, -0.2) is 22.0 Å². The second-order valence-electron chi connectivity index (χ2n) is 10.5. The highest BCUT2D eigenvalue weighted by Crippen LogP contribution is 2.49. The highest BCUT2D eigenvalue weighted by molar-refractivity contribution is 6.42.